The molecule has 12 heavy (non-hydrogen) atoms. The van der Waals surface area contributed by atoms with Crippen molar-refractivity contribution in [2.75, 3.05) is 0 Å². The fraction of sp³-hybridized carbons (Fsp3) is 0. The SMILES string of the molecule is O=C([O-])Oc1cccc(O)c1.[K+]. The van der Waals surface area contributed by atoms with E-state index in [1.54, 1.807) is 0 Å². The molecule has 0 aromatic heterocycles. The Hall–Kier alpha value is -0.0736. The van der Waals surface area contributed by atoms with Crippen molar-refractivity contribution >= 4 is 6.16 Å². The van der Waals surface area contributed by atoms with Gasteiger partial charge in [0.15, 0.2) is 0 Å². The van der Waals surface area contributed by atoms with E-state index in [4.69, 9.17) is 5.11 Å². The third kappa shape index (κ3) is 4.08. The maximum absolute atomic E-state index is 9.87. The number of hydrogen-bond donors (Lipinski definition) is 1. The minimum absolute atomic E-state index is 0. The van der Waals surface area contributed by atoms with Crippen molar-refractivity contribution < 1.29 is 71.1 Å². The molecular formula is C7H5KO4. The first-order valence-corrected chi connectivity index (χ1v) is 2.86. The number of phenols is 1. The number of ether oxygens (including phenoxy) is 1. The quantitative estimate of drug-likeness (QED) is 0.295. The van der Waals surface area contributed by atoms with E-state index in [0.717, 1.165) is 0 Å². The third-order valence-corrected chi connectivity index (χ3v) is 1.02. The van der Waals surface area contributed by atoms with Gasteiger partial charge in [-0.05, 0) is 12.1 Å². The van der Waals surface area contributed by atoms with E-state index in [9.17, 15) is 9.90 Å². The molecule has 0 aliphatic heterocycles. The smallest absolute Gasteiger partial charge is 0.514 e. The molecule has 0 saturated heterocycles. The maximum atomic E-state index is 9.87. The third-order valence-electron chi connectivity index (χ3n) is 1.02. The summed E-state index contributed by atoms with van der Waals surface area (Å²) in [6, 6.07) is 5.45. The van der Waals surface area contributed by atoms with Crippen LogP contribution in [0.1, 0.15) is 0 Å². The van der Waals surface area contributed by atoms with Gasteiger partial charge in [0.1, 0.15) is 5.75 Å². The Morgan fingerprint density at radius 1 is 1.50 bits per heavy atom. The van der Waals surface area contributed by atoms with Crippen molar-refractivity contribution in [3.63, 3.8) is 0 Å². The summed E-state index contributed by atoms with van der Waals surface area (Å²) in [7, 11) is 0. The average Bonchev–Trinajstić information content (AvgIpc) is 1.85. The zero-order valence-electron chi connectivity index (χ0n) is 6.48. The normalized spacial score (nSPS) is 8.33. The van der Waals surface area contributed by atoms with Crippen LogP contribution in [-0.4, -0.2) is 11.3 Å². The van der Waals surface area contributed by atoms with E-state index in [2.05, 4.69) is 4.74 Å². The van der Waals surface area contributed by atoms with Crippen LogP contribution in [-0.2, 0) is 0 Å². The minimum atomic E-state index is -1.64. The summed E-state index contributed by atoms with van der Waals surface area (Å²) in [6.45, 7) is 0. The van der Waals surface area contributed by atoms with Crippen molar-refractivity contribution in [2.45, 2.75) is 0 Å². The standard InChI is InChI=1S/C7H6O4.K/c8-5-2-1-3-6(4-5)11-7(9)10;/h1-4,8H,(H,9,10);/q;+1/p-1. The van der Waals surface area contributed by atoms with E-state index in [-0.39, 0.29) is 62.9 Å². The van der Waals surface area contributed by atoms with Crippen LogP contribution >= 0.6 is 0 Å². The Morgan fingerprint density at radius 3 is 2.67 bits per heavy atom. The summed E-state index contributed by atoms with van der Waals surface area (Å²) in [5.74, 6) is -0.00579. The van der Waals surface area contributed by atoms with Gasteiger partial charge in [-0.2, -0.15) is 0 Å². The number of hydrogen-bond acceptors (Lipinski definition) is 4. The van der Waals surface area contributed by atoms with Crippen molar-refractivity contribution in [3.8, 4) is 11.5 Å². The van der Waals surface area contributed by atoms with Gasteiger partial charge < -0.3 is 19.7 Å². The molecule has 0 amide bonds. The molecule has 0 bridgehead atoms. The number of rotatable bonds is 1. The van der Waals surface area contributed by atoms with Gasteiger partial charge in [0.25, 0.3) is 6.16 Å². The fourth-order valence-electron chi connectivity index (χ4n) is 0.643. The molecule has 0 atom stereocenters. The Labute approximate surface area is 112 Å². The maximum Gasteiger partial charge on any atom is 1.00 e. The van der Waals surface area contributed by atoms with Crippen LogP contribution in [0.4, 0.5) is 4.79 Å². The second kappa shape index (κ2) is 5.55. The molecule has 0 spiro atoms. The van der Waals surface area contributed by atoms with Gasteiger partial charge in [-0.25, -0.2) is 0 Å². The average molecular weight is 192 g/mol. The van der Waals surface area contributed by atoms with E-state index in [1.165, 1.54) is 24.3 Å². The van der Waals surface area contributed by atoms with Crippen LogP contribution in [0.25, 0.3) is 0 Å². The zero-order valence-corrected chi connectivity index (χ0v) is 9.60. The fourth-order valence-corrected chi connectivity index (χ4v) is 0.643. The van der Waals surface area contributed by atoms with Gasteiger partial charge in [0, 0.05) is 6.07 Å². The molecule has 4 nitrogen and oxygen atoms in total. The second-order valence-electron chi connectivity index (χ2n) is 1.85. The van der Waals surface area contributed by atoms with Crippen LogP contribution in [0.5, 0.6) is 11.5 Å². The minimum Gasteiger partial charge on any atom is -0.514 e. The number of carboxylic acid groups (broad SMARTS) is 1. The number of benzene rings is 1. The molecule has 0 fully saturated rings. The molecule has 0 saturated carbocycles. The van der Waals surface area contributed by atoms with Gasteiger partial charge >= 0.3 is 51.4 Å². The molecule has 1 aromatic carbocycles. The molecule has 1 rings (SSSR count). The molecule has 5 heteroatoms. The van der Waals surface area contributed by atoms with Crippen LogP contribution in [0.15, 0.2) is 24.3 Å². The van der Waals surface area contributed by atoms with Gasteiger partial charge in [-0.1, -0.05) is 6.07 Å². The molecular weight excluding hydrogens is 187 g/mol. The Bertz CT molecular complexity index is 274. The van der Waals surface area contributed by atoms with Gasteiger partial charge in [-0.3, -0.25) is 0 Å². The Kier molecular flexibility index (Phi) is 5.52. The summed E-state index contributed by atoms with van der Waals surface area (Å²) < 4.78 is 4.14. The summed E-state index contributed by atoms with van der Waals surface area (Å²) in [5.41, 5.74) is 0. The number of carbonyl (C=O) groups excluding carboxylic acids is 1. The van der Waals surface area contributed by atoms with Crippen molar-refractivity contribution in [3.05, 3.63) is 24.3 Å². The Morgan fingerprint density at radius 2 is 2.17 bits per heavy atom. The molecule has 1 N–H and O–H groups in total. The van der Waals surface area contributed by atoms with E-state index in [1.807, 2.05) is 0 Å². The molecule has 0 unspecified atom stereocenters. The summed E-state index contributed by atoms with van der Waals surface area (Å²) >= 11 is 0. The second-order valence-corrected chi connectivity index (χ2v) is 1.85. The van der Waals surface area contributed by atoms with Crippen LogP contribution < -0.4 is 61.2 Å². The van der Waals surface area contributed by atoms with Crippen molar-refractivity contribution in [1.29, 1.82) is 0 Å². The first-order chi connectivity index (χ1) is 5.18. The van der Waals surface area contributed by atoms with Crippen molar-refractivity contribution in [1.82, 2.24) is 0 Å². The molecule has 58 valence electrons. The monoisotopic (exact) mass is 192 g/mol. The van der Waals surface area contributed by atoms with E-state index < -0.39 is 6.16 Å². The van der Waals surface area contributed by atoms with Gasteiger partial charge in [-0.15, -0.1) is 0 Å². The number of phenolic OH excluding ortho intramolecular Hbond substituents is 1. The molecule has 0 radical (unpaired) electrons. The summed E-state index contributed by atoms with van der Waals surface area (Å²) in [4.78, 5) is 9.87. The number of carbonyl (C=O) groups is 1. The topological polar surface area (TPSA) is 69.6 Å². The molecule has 1 aromatic rings. The van der Waals surface area contributed by atoms with Crippen LogP contribution in [0.2, 0.25) is 0 Å². The largest absolute Gasteiger partial charge is 1.00 e. The number of aromatic hydroxyl groups is 1. The summed E-state index contributed by atoms with van der Waals surface area (Å²) in [6.07, 6.45) is -1.64. The molecule has 0 aliphatic carbocycles. The zero-order chi connectivity index (χ0) is 8.27. The first-order valence-electron chi connectivity index (χ1n) is 2.86. The molecule has 0 heterocycles. The van der Waals surface area contributed by atoms with E-state index in [0.29, 0.717) is 0 Å². The Balaban J connectivity index is 0.00000121. The van der Waals surface area contributed by atoms with Gasteiger partial charge in [0.05, 0.1) is 5.75 Å². The molecule has 0 aliphatic rings. The summed E-state index contributed by atoms with van der Waals surface area (Å²) in [5, 5.41) is 18.7. The predicted octanol–water partition coefficient (Wildman–Crippen LogP) is -2.88. The van der Waals surface area contributed by atoms with E-state index >= 15 is 0 Å². The van der Waals surface area contributed by atoms with Gasteiger partial charge in [0.2, 0.25) is 0 Å². The van der Waals surface area contributed by atoms with Crippen molar-refractivity contribution in [2.24, 2.45) is 0 Å². The van der Waals surface area contributed by atoms with Crippen LogP contribution in [0, 0.1) is 0 Å². The first kappa shape index (κ1) is 11.9. The predicted molar refractivity (Wildman–Crippen MR) is 34.1 cm³/mol. The van der Waals surface area contributed by atoms with Crippen LogP contribution in [0.3, 0.4) is 0 Å².